The van der Waals surface area contributed by atoms with Crippen LogP contribution in [-0.2, 0) is 6.54 Å². The van der Waals surface area contributed by atoms with Gasteiger partial charge >= 0.3 is 0 Å². The molecule has 1 heterocycles. The number of aromatic hydroxyl groups is 1. The lowest BCUT2D eigenvalue weighted by molar-refractivity contribution is 0.414. The number of aromatic nitrogens is 3. The highest BCUT2D eigenvalue weighted by molar-refractivity contribution is 7.71. The normalized spacial score (nSPS) is 11.0. The van der Waals surface area contributed by atoms with Gasteiger partial charge in [0.2, 0.25) is 0 Å². The molecule has 3 rings (SSSR count). The van der Waals surface area contributed by atoms with Crippen LogP contribution in [0.25, 0.3) is 11.4 Å². The Kier molecular flexibility index (Phi) is 4.90. The van der Waals surface area contributed by atoms with Crippen LogP contribution in [0, 0.1) is 4.77 Å². The predicted octanol–water partition coefficient (Wildman–Crippen LogP) is 4.49. The van der Waals surface area contributed by atoms with Crippen LogP contribution in [0.3, 0.4) is 0 Å². The van der Waals surface area contributed by atoms with E-state index in [4.69, 9.17) is 17.0 Å². The van der Waals surface area contributed by atoms with Crippen LogP contribution < -0.4 is 4.74 Å². The molecule has 0 fully saturated rings. The molecular weight excluding hydrogens is 334 g/mol. The summed E-state index contributed by atoms with van der Waals surface area (Å²) in [5, 5.41) is 17.3. The highest BCUT2D eigenvalue weighted by atomic mass is 32.1. The van der Waals surface area contributed by atoms with Crippen molar-refractivity contribution in [3.05, 3.63) is 58.4 Å². The van der Waals surface area contributed by atoms with E-state index in [9.17, 15) is 5.11 Å². The number of nitrogens with one attached hydrogen (secondary N) is 1. The molecule has 0 atom stereocenters. The van der Waals surface area contributed by atoms with Crippen molar-refractivity contribution in [2.75, 3.05) is 7.11 Å². The fourth-order valence-electron chi connectivity index (χ4n) is 2.75. The molecule has 3 aromatic rings. The van der Waals surface area contributed by atoms with Crippen LogP contribution in [0.5, 0.6) is 11.5 Å². The molecule has 130 valence electrons. The van der Waals surface area contributed by atoms with E-state index in [2.05, 4.69) is 10.2 Å². The fourth-order valence-corrected chi connectivity index (χ4v) is 2.95. The summed E-state index contributed by atoms with van der Waals surface area (Å²) in [6, 6.07) is 13.4. The molecule has 0 bridgehead atoms. The van der Waals surface area contributed by atoms with Crippen molar-refractivity contribution in [1.82, 2.24) is 14.8 Å². The van der Waals surface area contributed by atoms with Gasteiger partial charge in [0.25, 0.3) is 0 Å². The van der Waals surface area contributed by atoms with Gasteiger partial charge in [-0.05, 0) is 59.6 Å². The molecular formula is C19H21N3O2S. The van der Waals surface area contributed by atoms with E-state index in [0.717, 1.165) is 28.3 Å². The Bertz CT molecular complexity index is 927. The number of nitrogens with zero attached hydrogens (tertiary/aromatic N) is 2. The molecule has 0 aliphatic heterocycles. The highest BCUT2D eigenvalue weighted by Crippen LogP contribution is 2.30. The van der Waals surface area contributed by atoms with Crippen LogP contribution in [-0.4, -0.2) is 27.0 Å². The van der Waals surface area contributed by atoms with Gasteiger partial charge in [0.05, 0.1) is 13.7 Å². The Hall–Kier alpha value is -2.60. The lowest BCUT2D eigenvalue weighted by Crippen LogP contribution is -2.03. The summed E-state index contributed by atoms with van der Waals surface area (Å²) in [4.78, 5) is 0. The third kappa shape index (κ3) is 3.58. The van der Waals surface area contributed by atoms with E-state index >= 15 is 0 Å². The van der Waals surface area contributed by atoms with Gasteiger partial charge in [0.15, 0.2) is 10.6 Å². The third-order valence-corrected chi connectivity index (χ3v) is 4.48. The Labute approximate surface area is 151 Å². The first-order valence-electron chi connectivity index (χ1n) is 8.11. The summed E-state index contributed by atoms with van der Waals surface area (Å²) in [7, 11) is 1.65. The smallest absolute Gasteiger partial charge is 0.195 e. The SMILES string of the molecule is COc1ccc(Cn2c(-c3ccc(O)c(C(C)C)c3)n[nH]c2=S)cc1. The molecule has 0 unspecified atom stereocenters. The maximum atomic E-state index is 10.0. The average molecular weight is 355 g/mol. The summed E-state index contributed by atoms with van der Waals surface area (Å²) in [6.07, 6.45) is 0. The summed E-state index contributed by atoms with van der Waals surface area (Å²) in [6.45, 7) is 4.70. The first-order valence-corrected chi connectivity index (χ1v) is 8.52. The van der Waals surface area contributed by atoms with Crippen LogP contribution in [0.4, 0.5) is 0 Å². The summed E-state index contributed by atoms with van der Waals surface area (Å²) < 4.78 is 7.71. The maximum absolute atomic E-state index is 10.0. The number of hydrogen-bond donors (Lipinski definition) is 2. The lowest BCUT2D eigenvalue weighted by atomic mass is 9.99. The zero-order valence-corrected chi connectivity index (χ0v) is 15.3. The van der Waals surface area contributed by atoms with E-state index in [1.54, 1.807) is 13.2 Å². The molecule has 0 aliphatic rings. The second-order valence-corrected chi connectivity index (χ2v) is 6.60. The van der Waals surface area contributed by atoms with Crippen LogP contribution in [0.15, 0.2) is 42.5 Å². The van der Waals surface area contributed by atoms with Gasteiger partial charge < -0.3 is 9.84 Å². The van der Waals surface area contributed by atoms with Crippen molar-refractivity contribution < 1.29 is 9.84 Å². The van der Waals surface area contributed by atoms with Crippen LogP contribution in [0.2, 0.25) is 0 Å². The van der Waals surface area contributed by atoms with Crippen LogP contribution in [0.1, 0.15) is 30.9 Å². The number of rotatable bonds is 5. The maximum Gasteiger partial charge on any atom is 0.195 e. The monoisotopic (exact) mass is 355 g/mol. The Morgan fingerprint density at radius 1 is 1.20 bits per heavy atom. The Balaban J connectivity index is 1.99. The number of methoxy groups -OCH3 is 1. The van der Waals surface area contributed by atoms with Gasteiger partial charge in [-0.1, -0.05) is 26.0 Å². The molecule has 0 radical (unpaired) electrons. The molecule has 25 heavy (non-hydrogen) atoms. The highest BCUT2D eigenvalue weighted by Gasteiger charge is 2.13. The Morgan fingerprint density at radius 3 is 2.56 bits per heavy atom. The van der Waals surface area contributed by atoms with Gasteiger partial charge in [0, 0.05) is 5.56 Å². The number of ether oxygens (including phenoxy) is 1. The first-order chi connectivity index (χ1) is 12.0. The number of phenolic OH excluding ortho intramolecular Hbond substituents is 1. The topological polar surface area (TPSA) is 63.1 Å². The largest absolute Gasteiger partial charge is 0.508 e. The minimum atomic E-state index is 0.219. The van der Waals surface area contributed by atoms with Crippen molar-refractivity contribution in [3.63, 3.8) is 0 Å². The molecule has 0 amide bonds. The molecule has 0 saturated carbocycles. The number of aromatic amines is 1. The van der Waals surface area contributed by atoms with Crippen molar-refractivity contribution in [1.29, 1.82) is 0 Å². The van der Waals surface area contributed by atoms with Crippen LogP contribution >= 0.6 is 12.2 Å². The minimum absolute atomic E-state index is 0.219. The van der Waals surface area contributed by atoms with E-state index in [1.165, 1.54) is 0 Å². The van der Waals surface area contributed by atoms with Gasteiger partial charge in [-0.2, -0.15) is 5.10 Å². The lowest BCUT2D eigenvalue weighted by Gasteiger charge is -2.12. The average Bonchev–Trinajstić information content (AvgIpc) is 2.96. The number of H-pyrrole nitrogens is 1. The van der Waals surface area contributed by atoms with Gasteiger partial charge in [-0.25, -0.2) is 0 Å². The fraction of sp³-hybridized carbons (Fsp3) is 0.263. The molecule has 2 aromatic carbocycles. The number of benzene rings is 2. The van der Waals surface area contributed by atoms with Crippen molar-refractivity contribution in [3.8, 4) is 22.9 Å². The van der Waals surface area contributed by atoms with Gasteiger partial charge in [-0.15, -0.1) is 0 Å². The summed E-state index contributed by atoms with van der Waals surface area (Å²) in [5.41, 5.74) is 2.91. The summed E-state index contributed by atoms with van der Waals surface area (Å²) in [5.74, 6) is 2.09. The number of hydrogen-bond acceptors (Lipinski definition) is 4. The molecule has 0 saturated heterocycles. The zero-order valence-electron chi connectivity index (χ0n) is 14.5. The second kappa shape index (κ2) is 7.11. The third-order valence-electron chi connectivity index (χ3n) is 4.17. The molecule has 2 N–H and O–H groups in total. The molecule has 6 heteroatoms. The number of phenols is 1. The van der Waals surface area contributed by atoms with E-state index in [1.807, 2.05) is 54.8 Å². The standard InChI is InChI=1S/C19H21N3O2S/c1-12(2)16-10-14(6-9-17(16)23)18-20-21-19(25)22(18)11-13-4-7-15(24-3)8-5-13/h4-10,12,23H,11H2,1-3H3,(H,21,25). The summed E-state index contributed by atoms with van der Waals surface area (Å²) >= 11 is 5.40. The van der Waals surface area contributed by atoms with Crippen molar-refractivity contribution >= 4 is 12.2 Å². The molecule has 1 aromatic heterocycles. The van der Waals surface area contributed by atoms with Gasteiger partial charge in [0.1, 0.15) is 11.5 Å². The molecule has 5 nitrogen and oxygen atoms in total. The Morgan fingerprint density at radius 2 is 1.92 bits per heavy atom. The molecule has 0 spiro atoms. The minimum Gasteiger partial charge on any atom is -0.508 e. The second-order valence-electron chi connectivity index (χ2n) is 6.21. The van der Waals surface area contributed by atoms with E-state index in [0.29, 0.717) is 17.1 Å². The zero-order chi connectivity index (χ0) is 18.0. The van der Waals surface area contributed by atoms with Crippen molar-refractivity contribution in [2.45, 2.75) is 26.3 Å². The van der Waals surface area contributed by atoms with Crippen molar-refractivity contribution in [2.24, 2.45) is 0 Å². The predicted molar refractivity (Wildman–Crippen MR) is 101 cm³/mol. The van der Waals surface area contributed by atoms with Gasteiger partial charge in [-0.3, -0.25) is 9.67 Å². The van der Waals surface area contributed by atoms with E-state index in [-0.39, 0.29) is 5.92 Å². The quantitative estimate of drug-likeness (QED) is 0.662. The first kappa shape index (κ1) is 17.2. The molecule has 0 aliphatic carbocycles. The van der Waals surface area contributed by atoms with E-state index < -0.39 is 0 Å².